The monoisotopic (exact) mass is 526 g/mol. The van der Waals surface area contributed by atoms with Gasteiger partial charge < -0.3 is 19.7 Å². The zero-order valence-corrected chi connectivity index (χ0v) is 23.7. The second-order valence-corrected chi connectivity index (χ2v) is 13.1. The second kappa shape index (κ2) is 11.8. The van der Waals surface area contributed by atoms with Gasteiger partial charge in [0.25, 0.3) is 10.1 Å². The highest BCUT2D eigenvalue weighted by Gasteiger charge is 2.35. The Hall–Kier alpha value is -2.33. The van der Waals surface area contributed by atoms with Gasteiger partial charge in [-0.1, -0.05) is 40.2 Å². The number of hydrogen-bond donors (Lipinski definition) is 1. The Morgan fingerprint density at radius 1 is 1.19 bits per heavy atom. The van der Waals surface area contributed by atoms with Gasteiger partial charge in [-0.15, -0.1) is 0 Å². The lowest BCUT2D eigenvalue weighted by molar-refractivity contribution is -0.121. The first-order valence-electron chi connectivity index (χ1n) is 12.4. The maximum atomic E-state index is 12.8. The SMILES string of the molecule is CCCCOC1=C(CNC(=O)OC(C)(C)C)N(CC(C)(C)C)C=C2CC(=O)C(COS(C)(=O)=O)C=C21. The number of nitrogens with zero attached hydrogens (tertiary/aromatic N) is 1. The fourth-order valence-corrected chi connectivity index (χ4v) is 4.22. The Balaban J connectivity index is 2.50. The summed E-state index contributed by atoms with van der Waals surface area (Å²) in [6, 6.07) is 0. The zero-order valence-electron chi connectivity index (χ0n) is 22.9. The number of rotatable bonds is 10. The Bertz CT molecular complexity index is 1030. The molecule has 0 saturated carbocycles. The van der Waals surface area contributed by atoms with Gasteiger partial charge in [0, 0.05) is 24.7 Å². The van der Waals surface area contributed by atoms with Crippen LogP contribution in [0.1, 0.15) is 67.7 Å². The van der Waals surface area contributed by atoms with E-state index < -0.39 is 27.7 Å². The Kier molecular flexibility index (Phi) is 9.81. The van der Waals surface area contributed by atoms with E-state index >= 15 is 0 Å². The van der Waals surface area contributed by atoms with Crippen LogP contribution in [0.15, 0.2) is 34.9 Å². The molecule has 1 atom stereocenters. The van der Waals surface area contributed by atoms with Gasteiger partial charge in [-0.3, -0.25) is 8.98 Å². The van der Waals surface area contributed by atoms with Crippen molar-refractivity contribution in [1.29, 1.82) is 0 Å². The fourth-order valence-electron chi connectivity index (χ4n) is 3.83. The van der Waals surface area contributed by atoms with Crippen molar-refractivity contribution < 1.29 is 31.7 Å². The minimum atomic E-state index is -3.69. The molecule has 0 bridgehead atoms. The number of Topliss-reactive ketones (excluding diaryl/α,β-unsaturated/α-hetero) is 1. The van der Waals surface area contributed by atoms with E-state index in [4.69, 9.17) is 13.7 Å². The maximum absolute atomic E-state index is 12.8. The average molecular weight is 527 g/mol. The van der Waals surface area contributed by atoms with Crippen molar-refractivity contribution in [2.24, 2.45) is 11.3 Å². The number of carbonyl (C=O) groups is 2. The number of allylic oxidation sites excluding steroid dienone is 1. The third-order valence-electron chi connectivity index (χ3n) is 5.31. The predicted octanol–water partition coefficient (Wildman–Crippen LogP) is 4.28. The van der Waals surface area contributed by atoms with Crippen molar-refractivity contribution in [1.82, 2.24) is 10.2 Å². The third kappa shape index (κ3) is 9.61. The molecule has 0 aromatic heterocycles. The molecule has 36 heavy (non-hydrogen) atoms. The van der Waals surface area contributed by atoms with Crippen LogP contribution in [0.2, 0.25) is 0 Å². The number of carbonyl (C=O) groups excluding carboxylic acids is 2. The highest BCUT2D eigenvalue weighted by Crippen LogP contribution is 2.39. The molecule has 0 fully saturated rings. The van der Waals surface area contributed by atoms with Crippen LogP contribution >= 0.6 is 0 Å². The number of ketones is 1. The Labute approximate surface area is 216 Å². The summed E-state index contributed by atoms with van der Waals surface area (Å²) in [6.45, 7) is 14.8. The molecule has 1 amide bonds. The lowest BCUT2D eigenvalue weighted by Crippen LogP contribution is -2.40. The molecule has 1 unspecified atom stereocenters. The molecular weight excluding hydrogens is 484 g/mol. The lowest BCUT2D eigenvalue weighted by atomic mass is 9.83. The number of unbranched alkanes of at least 4 members (excludes halogenated alkanes) is 1. The van der Waals surface area contributed by atoms with Gasteiger partial charge in [-0.05, 0) is 38.2 Å². The summed E-state index contributed by atoms with van der Waals surface area (Å²) in [7, 11) is -3.69. The second-order valence-electron chi connectivity index (χ2n) is 11.5. The molecule has 10 heteroatoms. The molecule has 1 heterocycles. The number of amides is 1. The normalized spacial score (nSPS) is 18.9. The van der Waals surface area contributed by atoms with Gasteiger partial charge in [0.05, 0.1) is 37.6 Å². The standard InChI is InChI=1S/C26H42N2O7S/c1-9-10-11-33-23-20-12-19(16-34-36(8,31)32)22(29)13-18(20)15-28(17-25(2,3)4)21(23)14-27-24(30)35-26(5,6)7/h12,15,19H,9-11,13-14,16-17H2,1-8H3,(H,27,30). The summed E-state index contributed by atoms with van der Waals surface area (Å²) in [4.78, 5) is 27.3. The Morgan fingerprint density at radius 2 is 1.86 bits per heavy atom. The maximum Gasteiger partial charge on any atom is 0.407 e. The highest BCUT2D eigenvalue weighted by atomic mass is 32.2. The van der Waals surface area contributed by atoms with Crippen molar-refractivity contribution in [3.05, 3.63) is 34.9 Å². The minimum Gasteiger partial charge on any atom is -0.491 e. The third-order valence-corrected chi connectivity index (χ3v) is 5.87. The predicted molar refractivity (Wildman–Crippen MR) is 138 cm³/mol. The minimum absolute atomic E-state index is 0.0888. The van der Waals surface area contributed by atoms with E-state index in [1.807, 2.05) is 11.1 Å². The molecule has 204 valence electrons. The molecule has 1 N–H and O–H groups in total. The first-order chi connectivity index (χ1) is 16.5. The molecule has 0 radical (unpaired) electrons. The molecule has 0 spiro atoms. The summed E-state index contributed by atoms with van der Waals surface area (Å²) >= 11 is 0. The van der Waals surface area contributed by atoms with Crippen LogP contribution in [0.25, 0.3) is 0 Å². The van der Waals surface area contributed by atoms with Crippen molar-refractivity contribution >= 4 is 22.0 Å². The molecule has 1 aliphatic carbocycles. The highest BCUT2D eigenvalue weighted by molar-refractivity contribution is 7.85. The number of alkyl carbamates (subject to hydrolysis) is 1. The largest absolute Gasteiger partial charge is 0.491 e. The lowest BCUT2D eigenvalue weighted by Gasteiger charge is -2.38. The van der Waals surface area contributed by atoms with Crippen LogP contribution in [-0.4, -0.2) is 63.4 Å². The van der Waals surface area contributed by atoms with E-state index in [0.717, 1.165) is 35.9 Å². The topological polar surface area (TPSA) is 111 Å². The molecule has 0 saturated heterocycles. The van der Waals surface area contributed by atoms with E-state index in [0.29, 0.717) is 18.9 Å². The van der Waals surface area contributed by atoms with E-state index in [-0.39, 0.29) is 30.8 Å². The van der Waals surface area contributed by atoms with Gasteiger partial charge in [0.15, 0.2) is 0 Å². The molecule has 0 aromatic rings. The van der Waals surface area contributed by atoms with Crippen LogP contribution in [0.4, 0.5) is 4.79 Å². The van der Waals surface area contributed by atoms with E-state index in [1.54, 1.807) is 26.8 Å². The van der Waals surface area contributed by atoms with Crippen LogP contribution in [0, 0.1) is 11.3 Å². The quantitative estimate of drug-likeness (QED) is 0.332. The average Bonchev–Trinajstić information content (AvgIpc) is 2.68. The number of nitrogens with one attached hydrogen (secondary N) is 1. The van der Waals surface area contributed by atoms with E-state index in [2.05, 4.69) is 33.0 Å². The van der Waals surface area contributed by atoms with Gasteiger partial charge in [-0.25, -0.2) is 4.79 Å². The summed E-state index contributed by atoms with van der Waals surface area (Å²) in [6.07, 6.45) is 5.99. The van der Waals surface area contributed by atoms with E-state index in [1.165, 1.54) is 0 Å². The van der Waals surface area contributed by atoms with Crippen LogP contribution < -0.4 is 5.32 Å². The smallest absolute Gasteiger partial charge is 0.407 e. The van der Waals surface area contributed by atoms with Crippen molar-refractivity contribution in [2.45, 2.75) is 73.3 Å². The van der Waals surface area contributed by atoms with Crippen molar-refractivity contribution in [2.75, 3.05) is 32.6 Å². The molecule has 2 rings (SSSR count). The van der Waals surface area contributed by atoms with Gasteiger partial charge in [0.2, 0.25) is 0 Å². The Morgan fingerprint density at radius 3 is 2.42 bits per heavy atom. The van der Waals surface area contributed by atoms with Crippen LogP contribution in [0.5, 0.6) is 0 Å². The number of ether oxygens (including phenoxy) is 2. The zero-order chi connectivity index (χ0) is 27.3. The molecule has 0 aromatic carbocycles. The number of fused-ring (bicyclic) bond motifs is 1. The van der Waals surface area contributed by atoms with Crippen LogP contribution in [0.3, 0.4) is 0 Å². The summed E-state index contributed by atoms with van der Waals surface area (Å²) in [5, 5.41) is 2.84. The molecule has 2 aliphatic rings. The summed E-state index contributed by atoms with van der Waals surface area (Å²) in [5.41, 5.74) is 1.56. The van der Waals surface area contributed by atoms with Gasteiger partial charge >= 0.3 is 6.09 Å². The van der Waals surface area contributed by atoms with Gasteiger partial charge in [-0.2, -0.15) is 8.42 Å². The van der Waals surface area contributed by atoms with Gasteiger partial charge in [0.1, 0.15) is 17.1 Å². The molecule has 9 nitrogen and oxygen atoms in total. The summed E-state index contributed by atoms with van der Waals surface area (Å²) < 4.78 is 39.7. The van der Waals surface area contributed by atoms with E-state index in [9.17, 15) is 18.0 Å². The first kappa shape index (κ1) is 29.9. The van der Waals surface area contributed by atoms with Crippen LogP contribution in [-0.2, 0) is 28.6 Å². The molecule has 1 aliphatic heterocycles. The van der Waals surface area contributed by atoms with Crippen molar-refractivity contribution in [3.8, 4) is 0 Å². The van der Waals surface area contributed by atoms with Crippen molar-refractivity contribution in [3.63, 3.8) is 0 Å². The fraction of sp³-hybridized carbons (Fsp3) is 0.692. The number of hydrogen-bond acceptors (Lipinski definition) is 8. The summed E-state index contributed by atoms with van der Waals surface area (Å²) in [5.74, 6) is -0.253. The molecular formula is C26H42N2O7S. The first-order valence-corrected chi connectivity index (χ1v) is 14.2.